The van der Waals surface area contributed by atoms with Crippen LogP contribution in [0.5, 0.6) is 0 Å². The van der Waals surface area contributed by atoms with E-state index < -0.39 is 0 Å². The second kappa shape index (κ2) is 5.13. The summed E-state index contributed by atoms with van der Waals surface area (Å²) in [6, 6.07) is 0. The Balaban J connectivity index is 2.00. The Labute approximate surface area is 67.1 Å². The first-order valence-corrected chi connectivity index (χ1v) is 4.13. The van der Waals surface area contributed by atoms with Gasteiger partial charge in [-0.2, -0.15) is 0 Å². The van der Waals surface area contributed by atoms with E-state index >= 15 is 0 Å². The highest BCUT2D eigenvalue weighted by molar-refractivity contribution is 5.38. The summed E-state index contributed by atoms with van der Waals surface area (Å²) < 4.78 is 4.50. The van der Waals surface area contributed by atoms with Crippen molar-refractivity contribution >= 4 is 6.47 Å². The van der Waals surface area contributed by atoms with Gasteiger partial charge in [-0.3, -0.25) is 0 Å². The van der Waals surface area contributed by atoms with E-state index in [-0.39, 0.29) is 0 Å². The van der Waals surface area contributed by atoms with Crippen molar-refractivity contribution in [2.45, 2.75) is 19.3 Å². The molecule has 0 bridgehead atoms. The zero-order valence-electron chi connectivity index (χ0n) is 6.64. The van der Waals surface area contributed by atoms with Crippen LogP contribution in [0.2, 0.25) is 0 Å². The summed E-state index contributed by atoms with van der Waals surface area (Å²) in [7, 11) is 0. The number of hydrogen-bond donors (Lipinski definition) is 1. The maximum atomic E-state index is 9.68. The van der Waals surface area contributed by atoms with E-state index in [0.717, 1.165) is 19.5 Å². The van der Waals surface area contributed by atoms with Crippen molar-refractivity contribution in [2.24, 2.45) is 5.92 Å². The molecule has 1 aliphatic rings. The van der Waals surface area contributed by atoms with Gasteiger partial charge in [0.2, 0.25) is 0 Å². The molecule has 1 atom stereocenters. The Bertz CT molecular complexity index is 111. The average molecular weight is 156 g/mol. The first kappa shape index (κ1) is 8.53. The number of carbonyl (C=O) groups excluding carboxylic acids is 1. The second-order valence-electron chi connectivity index (χ2n) is 2.93. The van der Waals surface area contributed by atoms with Gasteiger partial charge in [-0.05, 0) is 38.3 Å². The number of hydrogen-bond acceptors (Lipinski definition) is 3. The van der Waals surface area contributed by atoms with Crippen LogP contribution in [0.3, 0.4) is 0 Å². The zero-order chi connectivity index (χ0) is 7.94. The van der Waals surface area contributed by atoms with E-state index in [1.54, 1.807) is 0 Å². The molecule has 0 spiro atoms. The highest BCUT2D eigenvalue weighted by Gasteiger charge is 2.11. The van der Waals surface area contributed by atoms with Crippen LogP contribution in [0.4, 0.5) is 0 Å². The van der Waals surface area contributed by atoms with Gasteiger partial charge >= 0.3 is 6.47 Å². The number of nitrogens with one attached hydrogen (secondary N) is 1. The summed E-state index contributed by atoms with van der Waals surface area (Å²) in [5.41, 5.74) is 0. The number of rotatable bonds is 4. The van der Waals surface area contributed by atoms with Crippen LogP contribution in [0.15, 0.2) is 0 Å². The van der Waals surface area contributed by atoms with Crippen LogP contribution in [0.25, 0.3) is 0 Å². The summed E-state index contributed by atoms with van der Waals surface area (Å²) in [6.07, 6.45) is 3.48. The van der Waals surface area contributed by atoms with Gasteiger partial charge in [0.15, 0.2) is 0 Å². The molecule has 0 aliphatic carbocycles. The molecule has 1 N–H and O–H groups in total. The lowest BCUT2D eigenvalue weighted by atomic mass is 9.97. The Hall–Kier alpha value is -0.570. The molecule has 0 aromatic heterocycles. The summed E-state index contributed by atoms with van der Waals surface area (Å²) >= 11 is 0. The first-order valence-electron chi connectivity index (χ1n) is 4.13. The molecule has 1 unspecified atom stereocenters. The number of piperidine rings is 1. The largest absolute Gasteiger partial charge is 0.457 e. The third kappa shape index (κ3) is 3.37. The molecular weight excluding hydrogens is 142 g/mol. The maximum Gasteiger partial charge on any atom is 0.417 e. The van der Waals surface area contributed by atoms with Gasteiger partial charge in [-0.1, -0.05) is 0 Å². The fourth-order valence-electron chi connectivity index (χ4n) is 1.44. The van der Waals surface area contributed by atoms with Crippen molar-refractivity contribution in [3.8, 4) is 0 Å². The predicted octanol–water partition coefficient (Wildman–Crippen LogP) is 0.460. The molecule has 63 valence electrons. The Kier molecular flexibility index (Phi) is 3.98. The second-order valence-corrected chi connectivity index (χ2v) is 2.93. The van der Waals surface area contributed by atoms with Crippen LogP contribution in [-0.2, 0) is 9.53 Å². The summed E-state index contributed by atoms with van der Waals surface area (Å²) in [5, 5.41) is 3.31. The van der Waals surface area contributed by atoms with E-state index in [4.69, 9.17) is 0 Å². The van der Waals surface area contributed by atoms with Crippen molar-refractivity contribution in [2.75, 3.05) is 19.7 Å². The maximum absolute atomic E-state index is 9.68. The molecule has 3 heteroatoms. The number of ether oxygens (including phenoxy) is 1. The molecule has 1 saturated heterocycles. The SMILES string of the molecule is O=[C]OCCC1CCCNC1. The molecule has 0 aromatic carbocycles. The van der Waals surface area contributed by atoms with Crippen molar-refractivity contribution in [1.82, 2.24) is 5.32 Å². The lowest BCUT2D eigenvalue weighted by Gasteiger charge is -2.21. The topological polar surface area (TPSA) is 38.3 Å². The van der Waals surface area contributed by atoms with Crippen molar-refractivity contribution in [1.29, 1.82) is 0 Å². The zero-order valence-corrected chi connectivity index (χ0v) is 6.64. The summed E-state index contributed by atoms with van der Waals surface area (Å²) in [5.74, 6) is 0.692. The standard InChI is InChI=1S/C8H14NO2/c10-7-11-5-3-8-2-1-4-9-6-8/h8-9H,1-6H2. The molecule has 1 rings (SSSR count). The Morgan fingerprint density at radius 3 is 3.18 bits per heavy atom. The molecule has 1 radical (unpaired) electrons. The van der Waals surface area contributed by atoms with Gasteiger partial charge in [-0.15, -0.1) is 0 Å². The molecule has 1 heterocycles. The van der Waals surface area contributed by atoms with Gasteiger partial charge in [0.1, 0.15) is 0 Å². The fraction of sp³-hybridized carbons (Fsp3) is 0.875. The van der Waals surface area contributed by atoms with Crippen LogP contribution in [-0.4, -0.2) is 26.2 Å². The minimum Gasteiger partial charge on any atom is -0.457 e. The van der Waals surface area contributed by atoms with E-state index in [2.05, 4.69) is 10.1 Å². The van der Waals surface area contributed by atoms with Gasteiger partial charge in [0.05, 0.1) is 6.61 Å². The summed E-state index contributed by atoms with van der Waals surface area (Å²) in [6.45, 7) is 4.17. The van der Waals surface area contributed by atoms with Crippen LogP contribution < -0.4 is 5.32 Å². The van der Waals surface area contributed by atoms with E-state index in [1.807, 2.05) is 0 Å². The molecule has 1 aliphatic heterocycles. The minimum atomic E-state index is 0.524. The van der Waals surface area contributed by atoms with Gasteiger partial charge in [0.25, 0.3) is 0 Å². The quantitative estimate of drug-likeness (QED) is 0.601. The fourth-order valence-corrected chi connectivity index (χ4v) is 1.44. The van der Waals surface area contributed by atoms with Gasteiger partial charge < -0.3 is 10.1 Å². The molecule has 1 fully saturated rings. The molecule has 11 heavy (non-hydrogen) atoms. The van der Waals surface area contributed by atoms with Crippen LogP contribution in [0, 0.1) is 5.92 Å². The lowest BCUT2D eigenvalue weighted by Crippen LogP contribution is -2.30. The Morgan fingerprint density at radius 1 is 1.64 bits per heavy atom. The van der Waals surface area contributed by atoms with Gasteiger partial charge in [-0.25, -0.2) is 4.79 Å². The highest BCUT2D eigenvalue weighted by Crippen LogP contribution is 2.13. The monoisotopic (exact) mass is 156 g/mol. The minimum absolute atomic E-state index is 0.524. The van der Waals surface area contributed by atoms with Crippen molar-refractivity contribution < 1.29 is 9.53 Å². The van der Waals surface area contributed by atoms with E-state index in [9.17, 15) is 4.79 Å². The smallest absolute Gasteiger partial charge is 0.417 e. The third-order valence-corrected chi connectivity index (χ3v) is 2.09. The molecule has 3 nitrogen and oxygen atoms in total. The lowest BCUT2D eigenvalue weighted by molar-refractivity contribution is 0.232. The Morgan fingerprint density at radius 2 is 2.55 bits per heavy atom. The third-order valence-electron chi connectivity index (χ3n) is 2.09. The highest BCUT2D eigenvalue weighted by atomic mass is 16.5. The molecule has 0 aromatic rings. The predicted molar refractivity (Wildman–Crippen MR) is 41.9 cm³/mol. The van der Waals surface area contributed by atoms with Crippen LogP contribution in [0.1, 0.15) is 19.3 Å². The average Bonchev–Trinajstić information content (AvgIpc) is 2.07. The van der Waals surface area contributed by atoms with Crippen LogP contribution >= 0.6 is 0 Å². The summed E-state index contributed by atoms with van der Waals surface area (Å²) in [4.78, 5) is 9.68. The van der Waals surface area contributed by atoms with Gasteiger partial charge in [0, 0.05) is 0 Å². The normalized spacial score (nSPS) is 24.5. The molecular formula is C8H14NO2. The molecule has 0 amide bonds. The van der Waals surface area contributed by atoms with Crippen molar-refractivity contribution in [3.05, 3.63) is 0 Å². The van der Waals surface area contributed by atoms with E-state index in [1.165, 1.54) is 19.3 Å². The van der Waals surface area contributed by atoms with E-state index in [0.29, 0.717) is 12.5 Å². The van der Waals surface area contributed by atoms with Crippen molar-refractivity contribution in [3.63, 3.8) is 0 Å². The first-order chi connectivity index (χ1) is 5.43. The molecule has 0 saturated carbocycles.